The molecule has 0 spiro atoms. The molecule has 0 saturated carbocycles. The smallest absolute Gasteiger partial charge is 0.326 e. The molecule has 0 radical (unpaired) electrons. The van der Waals surface area contributed by atoms with Gasteiger partial charge in [-0.25, -0.2) is 9.78 Å². The zero-order chi connectivity index (χ0) is 26.1. The maximum atomic E-state index is 13.5. The first-order valence-corrected chi connectivity index (χ1v) is 11.7. The van der Waals surface area contributed by atoms with Crippen molar-refractivity contribution in [3.63, 3.8) is 0 Å². The van der Waals surface area contributed by atoms with Crippen molar-refractivity contribution in [2.24, 2.45) is 17.4 Å². The molecule has 1 aromatic rings. The minimum atomic E-state index is -1.14. The zero-order valence-corrected chi connectivity index (χ0v) is 20.0. The molecule has 2 rings (SSSR count). The molecule has 13 nitrogen and oxygen atoms in total. The van der Waals surface area contributed by atoms with Gasteiger partial charge in [0.15, 0.2) is 0 Å². The van der Waals surface area contributed by atoms with E-state index >= 15 is 0 Å². The van der Waals surface area contributed by atoms with Gasteiger partial charge >= 0.3 is 5.97 Å². The monoisotopic (exact) mass is 493 g/mol. The van der Waals surface area contributed by atoms with E-state index in [1.165, 1.54) is 17.4 Å². The molecule has 0 bridgehead atoms. The van der Waals surface area contributed by atoms with Crippen molar-refractivity contribution in [1.82, 2.24) is 25.5 Å². The third-order valence-corrected chi connectivity index (χ3v) is 6.25. The summed E-state index contributed by atoms with van der Waals surface area (Å²) in [7, 11) is 0. The van der Waals surface area contributed by atoms with Crippen LogP contribution < -0.4 is 22.1 Å². The van der Waals surface area contributed by atoms with Gasteiger partial charge in [0.2, 0.25) is 23.6 Å². The summed E-state index contributed by atoms with van der Waals surface area (Å²) in [5.74, 6) is -3.71. The van der Waals surface area contributed by atoms with Crippen molar-refractivity contribution >= 4 is 29.6 Å². The van der Waals surface area contributed by atoms with Crippen LogP contribution in [-0.4, -0.2) is 80.3 Å². The van der Waals surface area contributed by atoms with Gasteiger partial charge in [-0.2, -0.15) is 0 Å². The van der Waals surface area contributed by atoms with E-state index in [0.717, 1.165) is 0 Å². The highest BCUT2D eigenvalue weighted by Gasteiger charge is 2.39. The average molecular weight is 494 g/mol. The topological polar surface area (TPSA) is 214 Å². The van der Waals surface area contributed by atoms with E-state index in [1.807, 2.05) is 6.92 Å². The molecular formula is C22H35N7O6. The minimum Gasteiger partial charge on any atom is -0.480 e. The molecule has 1 aliphatic heterocycles. The first kappa shape index (κ1) is 27.8. The van der Waals surface area contributed by atoms with Crippen LogP contribution in [0.15, 0.2) is 12.5 Å². The highest BCUT2D eigenvalue weighted by atomic mass is 16.4. The first-order chi connectivity index (χ1) is 16.5. The Balaban J connectivity index is 2.17. The van der Waals surface area contributed by atoms with Crippen LogP contribution in [0, 0.1) is 5.92 Å². The predicted octanol–water partition coefficient (Wildman–Crippen LogP) is -1.36. The van der Waals surface area contributed by atoms with Gasteiger partial charge in [-0.15, -0.1) is 0 Å². The number of carbonyl (C=O) groups is 5. The number of nitrogens with one attached hydrogen (secondary N) is 3. The van der Waals surface area contributed by atoms with Gasteiger partial charge in [-0.1, -0.05) is 20.3 Å². The molecule has 0 aromatic carbocycles. The molecule has 1 aromatic heterocycles. The number of carboxylic acid groups (broad SMARTS) is 1. The number of aliphatic carboxylic acids is 1. The van der Waals surface area contributed by atoms with Crippen LogP contribution in [0.5, 0.6) is 0 Å². The number of primary amides is 1. The molecule has 1 aliphatic rings. The molecule has 2 heterocycles. The molecule has 4 amide bonds. The van der Waals surface area contributed by atoms with Crippen LogP contribution in [-0.2, 0) is 30.4 Å². The Bertz CT molecular complexity index is 906. The lowest BCUT2D eigenvalue weighted by molar-refractivity contribution is -0.146. The number of aromatic nitrogens is 2. The van der Waals surface area contributed by atoms with E-state index in [-0.39, 0.29) is 31.7 Å². The fourth-order valence-electron chi connectivity index (χ4n) is 3.96. The number of H-pyrrole nitrogens is 1. The third-order valence-electron chi connectivity index (χ3n) is 6.25. The Kier molecular flexibility index (Phi) is 10.2. The number of carboxylic acids is 1. The number of likely N-dealkylation sites (tertiary alicyclic amines) is 1. The lowest BCUT2D eigenvalue weighted by Crippen LogP contribution is -2.57. The van der Waals surface area contributed by atoms with Crippen LogP contribution in [0.1, 0.15) is 51.6 Å². The largest absolute Gasteiger partial charge is 0.480 e. The van der Waals surface area contributed by atoms with Gasteiger partial charge in [0.05, 0.1) is 12.4 Å². The van der Waals surface area contributed by atoms with E-state index < -0.39 is 53.8 Å². The molecule has 1 saturated heterocycles. The van der Waals surface area contributed by atoms with E-state index in [1.54, 1.807) is 6.92 Å². The average Bonchev–Trinajstić information content (AvgIpc) is 3.51. The van der Waals surface area contributed by atoms with Crippen molar-refractivity contribution in [2.75, 3.05) is 6.54 Å². The summed E-state index contributed by atoms with van der Waals surface area (Å²) in [5.41, 5.74) is 11.6. The summed E-state index contributed by atoms with van der Waals surface area (Å²) in [5, 5.41) is 14.7. The van der Waals surface area contributed by atoms with Gasteiger partial charge < -0.3 is 37.1 Å². The second kappa shape index (κ2) is 12.8. The quantitative estimate of drug-likeness (QED) is 0.192. The van der Waals surface area contributed by atoms with E-state index in [0.29, 0.717) is 25.0 Å². The SMILES string of the molecule is CCC(C)C(NC(=O)C1CCCN1C(=O)C(Cc1cnc[nH]1)NC(=O)C(N)CCC(N)=O)C(=O)O. The second-order valence-corrected chi connectivity index (χ2v) is 8.85. The molecular weight excluding hydrogens is 458 g/mol. The number of hydrogen-bond donors (Lipinski definition) is 6. The van der Waals surface area contributed by atoms with Crippen LogP contribution >= 0.6 is 0 Å². The molecule has 5 atom stereocenters. The van der Waals surface area contributed by atoms with Crippen molar-refractivity contribution < 1.29 is 29.1 Å². The van der Waals surface area contributed by atoms with E-state index in [2.05, 4.69) is 20.6 Å². The third kappa shape index (κ3) is 7.77. The van der Waals surface area contributed by atoms with Crippen LogP contribution in [0.3, 0.4) is 0 Å². The molecule has 5 unspecified atom stereocenters. The van der Waals surface area contributed by atoms with Crippen LogP contribution in [0.4, 0.5) is 0 Å². The number of nitrogens with zero attached hydrogens (tertiary/aromatic N) is 2. The fourth-order valence-corrected chi connectivity index (χ4v) is 3.96. The lowest BCUT2D eigenvalue weighted by Gasteiger charge is -2.30. The summed E-state index contributed by atoms with van der Waals surface area (Å²) >= 11 is 0. The second-order valence-electron chi connectivity index (χ2n) is 8.85. The zero-order valence-electron chi connectivity index (χ0n) is 20.0. The summed E-state index contributed by atoms with van der Waals surface area (Å²) < 4.78 is 0. The lowest BCUT2D eigenvalue weighted by atomic mass is 9.98. The Morgan fingerprint density at radius 1 is 1.29 bits per heavy atom. The number of aromatic amines is 1. The first-order valence-electron chi connectivity index (χ1n) is 11.7. The highest BCUT2D eigenvalue weighted by Crippen LogP contribution is 2.20. The molecule has 0 aliphatic carbocycles. The fraction of sp³-hybridized carbons (Fsp3) is 0.636. The van der Waals surface area contributed by atoms with Crippen LogP contribution in [0.2, 0.25) is 0 Å². The Morgan fingerprint density at radius 2 is 2.00 bits per heavy atom. The normalized spacial score (nSPS) is 18.8. The summed E-state index contributed by atoms with van der Waals surface area (Å²) in [4.78, 5) is 69.9. The number of carbonyl (C=O) groups excluding carboxylic acids is 4. The number of nitrogens with two attached hydrogens (primary N) is 2. The number of amides is 4. The Hall–Kier alpha value is -3.48. The highest BCUT2D eigenvalue weighted by molar-refractivity contribution is 5.94. The predicted molar refractivity (Wildman–Crippen MR) is 124 cm³/mol. The molecule has 1 fully saturated rings. The molecule has 13 heteroatoms. The number of hydrogen-bond acceptors (Lipinski definition) is 7. The molecule has 35 heavy (non-hydrogen) atoms. The minimum absolute atomic E-state index is 0.0209. The van der Waals surface area contributed by atoms with Crippen molar-refractivity contribution in [1.29, 1.82) is 0 Å². The van der Waals surface area contributed by atoms with Crippen LogP contribution in [0.25, 0.3) is 0 Å². The maximum absolute atomic E-state index is 13.5. The summed E-state index contributed by atoms with van der Waals surface area (Å²) in [6.45, 7) is 3.84. The van der Waals surface area contributed by atoms with E-state index in [9.17, 15) is 29.1 Å². The number of rotatable bonds is 13. The number of imidazole rings is 1. The van der Waals surface area contributed by atoms with Gasteiger partial charge in [0.25, 0.3) is 0 Å². The summed E-state index contributed by atoms with van der Waals surface area (Å²) in [6, 6.07) is -4.04. The Morgan fingerprint density at radius 3 is 2.57 bits per heavy atom. The van der Waals surface area contributed by atoms with Crippen molar-refractivity contribution in [2.45, 2.75) is 76.5 Å². The van der Waals surface area contributed by atoms with Gasteiger partial charge in [0, 0.05) is 31.3 Å². The Labute approximate surface area is 203 Å². The summed E-state index contributed by atoms with van der Waals surface area (Å²) in [6.07, 6.45) is 4.43. The van der Waals surface area contributed by atoms with Crippen molar-refractivity contribution in [3.05, 3.63) is 18.2 Å². The van der Waals surface area contributed by atoms with Gasteiger partial charge in [-0.3, -0.25) is 19.2 Å². The molecule has 194 valence electrons. The maximum Gasteiger partial charge on any atom is 0.326 e. The van der Waals surface area contributed by atoms with Gasteiger partial charge in [0.1, 0.15) is 18.1 Å². The molecule has 8 N–H and O–H groups in total. The van der Waals surface area contributed by atoms with Crippen molar-refractivity contribution in [3.8, 4) is 0 Å². The van der Waals surface area contributed by atoms with Gasteiger partial charge in [-0.05, 0) is 25.2 Å². The standard InChI is InChI=1S/C22H35N7O6/c1-3-12(2)18(22(34)35)28-20(32)16-5-4-8-29(16)21(33)15(9-13-10-25-11-26-13)27-19(31)14(23)6-7-17(24)30/h10-12,14-16,18H,3-9,23H2,1-2H3,(H2,24,30)(H,25,26)(H,27,31)(H,28,32)(H,34,35). The van der Waals surface area contributed by atoms with E-state index in [4.69, 9.17) is 11.5 Å².